The van der Waals surface area contributed by atoms with Crippen LogP contribution in [0.2, 0.25) is 0 Å². The molecule has 1 heterocycles. The maximum absolute atomic E-state index is 11.6. The van der Waals surface area contributed by atoms with E-state index >= 15 is 0 Å². The van der Waals surface area contributed by atoms with Crippen molar-refractivity contribution < 1.29 is 8.42 Å². The van der Waals surface area contributed by atoms with Gasteiger partial charge in [0.05, 0.1) is 4.99 Å². The van der Waals surface area contributed by atoms with Gasteiger partial charge in [0.25, 0.3) is 0 Å². The molecule has 0 bridgehead atoms. The summed E-state index contributed by atoms with van der Waals surface area (Å²) in [5.41, 5.74) is 5.28. The Bertz CT molecular complexity index is 466. The normalized spacial score (nSPS) is 13.5. The maximum atomic E-state index is 11.6. The second-order valence-corrected chi connectivity index (χ2v) is 6.68. The highest BCUT2D eigenvalue weighted by molar-refractivity contribution is 7.95. The number of hydrogen-bond donors (Lipinski definition) is 2. The summed E-state index contributed by atoms with van der Waals surface area (Å²) in [6.07, 6.45) is 1.59. The van der Waals surface area contributed by atoms with Crippen LogP contribution in [-0.4, -0.2) is 23.6 Å². The monoisotopic (exact) mass is 265 g/mol. The molecule has 0 radical (unpaired) electrons. The molecular weight excluding hydrogens is 254 g/mol. The highest BCUT2D eigenvalue weighted by Crippen LogP contribution is 2.19. The van der Waals surface area contributed by atoms with E-state index in [4.69, 9.17) is 5.73 Å². The van der Waals surface area contributed by atoms with Crippen LogP contribution in [0.5, 0.6) is 0 Å². The van der Waals surface area contributed by atoms with Gasteiger partial charge in [-0.15, -0.1) is 11.3 Å². The van der Waals surface area contributed by atoms with Crippen LogP contribution in [0.3, 0.4) is 0 Å². The molecule has 1 aromatic heterocycles. The Labute approximate surface area is 97.8 Å². The fraction of sp³-hybridized carbons (Fsp3) is 0.429. The molecule has 84 valence electrons. The Morgan fingerprint density at radius 2 is 2.33 bits per heavy atom. The van der Waals surface area contributed by atoms with E-state index in [2.05, 4.69) is 21.9 Å². The number of nitrogens with one attached hydrogen (secondary N) is 1. The van der Waals surface area contributed by atoms with Crippen LogP contribution < -0.4 is 10.5 Å². The van der Waals surface area contributed by atoms with Crippen LogP contribution in [0.25, 0.3) is 0 Å². The van der Waals surface area contributed by atoms with Crippen LogP contribution in [0.1, 0.15) is 11.8 Å². The van der Waals surface area contributed by atoms with Crippen LogP contribution >= 0.6 is 23.6 Å². The number of aromatic nitrogens is 1. The van der Waals surface area contributed by atoms with Crippen molar-refractivity contribution >= 4 is 43.7 Å². The van der Waals surface area contributed by atoms with Gasteiger partial charge >= 0.3 is 0 Å². The number of nitrogens with zero attached hydrogens (tertiary/aromatic N) is 1. The van der Waals surface area contributed by atoms with Crippen molar-refractivity contribution in [2.45, 2.75) is 19.1 Å². The minimum absolute atomic E-state index is 0.0595. The van der Waals surface area contributed by atoms with E-state index in [1.807, 2.05) is 6.92 Å². The third-order valence-corrected chi connectivity index (χ3v) is 4.84. The Morgan fingerprint density at radius 3 is 2.73 bits per heavy atom. The summed E-state index contributed by atoms with van der Waals surface area (Å²) in [5.74, 6) is 0. The molecule has 1 rings (SSSR count). The van der Waals surface area contributed by atoms with Gasteiger partial charge in [0.2, 0.25) is 10.0 Å². The first-order chi connectivity index (χ1) is 6.83. The summed E-state index contributed by atoms with van der Waals surface area (Å²) in [4.78, 5) is 4.75. The van der Waals surface area contributed by atoms with E-state index in [9.17, 15) is 8.42 Å². The van der Waals surface area contributed by atoms with E-state index < -0.39 is 15.3 Å². The zero-order valence-corrected chi connectivity index (χ0v) is 10.7. The van der Waals surface area contributed by atoms with Crippen LogP contribution in [0.15, 0.2) is 6.20 Å². The molecule has 15 heavy (non-hydrogen) atoms. The second kappa shape index (κ2) is 4.42. The van der Waals surface area contributed by atoms with Crippen LogP contribution in [0, 0.1) is 6.92 Å². The first kappa shape index (κ1) is 12.3. The lowest BCUT2D eigenvalue weighted by atomic mass is 10.5. The number of anilines is 1. The van der Waals surface area contributed by atoms with Crippen molar-refractivity contribution in [3.05, 3.63) is 11.1 Å². The highest BCUT2D eigenvalue weighted by Gasteiger charge is 2.24. The SMILES string of the molecule is Cc1cnc(NS(=O)(=O)C(C)C(N)=S)s1. The lowest BCUT2D eigenvalue weighted by Gasteiger charge is -2.10. The fourth-order valence-corrected chi connectivity index (χ4v) is 2.95. The summed E-state index contributed by atoms with van der Waals surface area (Å²) >= 11 is 5.89. The van der Waals surface area contributed by atoms with Gasteiger partial charge in [-0.1, -0.05) is 12.2 Å². The van der Waals surface area contributed by atoms with E-state index in [0.717, 1.165) is 4.88 Å². The largest absolute Gasteiger partial charge is 0.392 e. The predicted molar refractivity (Wildman–Crippen MR) is 65.6 cm³/mol. The number of sulfonamides is 1. The zero-order chi connectivity index (χ0) is 11.6. The molecule has 0 saturated carbocycles. The van der Waals surface area contributed by atoms with Crippen LogP contribution in [-0.2, 0) is 10.0 Å². The van der Waals surface area contributed by atoms with Crippen molar-refractivity contribution in [3.8, 4) is 0 Å². The van der Waals surface area contributed by atoms with Crippen molar-refractivity contribution in [2.75, 3.05) is 4.72 Å². The molecule has 3 N–H and O–H groups in total. The molecule has 1 unspecified atom stereocenters. The highest BCUT2D eigenvalue weighted by atomic mass is 32.2. The van der Waals surface area contributed by atoms with E-state index in [1.54, 1.807) is 6.20 Å². The molecule has 0 aliphatic heterocycles. The Kier molecular flexibility index (Phi) is 3.63. The van der Waals surface area contributed by atoms with Crippen molar-refractivity contribution in [2.24, 2.45) is 5.73 Å². The minimum atomic E-state index is -3.57. The summed E-state index contributed by atoms with van der Waals surface area (Å²) < 4.78 is 25.6. The van der Waals surface area contributed by atoms with E-state index in [-0.39, 0.29) is 4.99 Å². The molecule has 0 aromatic carbocycles. The summed E-state index contributed by atoms with van der Waals surface area (Å²) in [5, 5.41) is -0.577. The molecule has 8 heteroatoms. The van der Waals surface area contributed by atoms with Gasteiger partial charge in [-0.05, 0) is 13.8 Å². The lowest BCUT2D eigenvalue weighted by Crippen LogP contribution is -2.35. The van der Waals surface area contributed by atoms with Gasteiger partial charge in [0, 0.05) is 11.1 Å². The third-order valence-electron chi connectivity index (χ3n) is 1.72. The van der Waals surface area contributed by atoms with Gasteiger partial charge in [-0.25, -0.2) is 13.4 Å². The predicted octanol–water partition coefficient (Wildman–Crippen LogP) is 0.868. The number of thiazole rings is 1. The smallest absolute Gasteiger partial charge is 0.243 e. The minimum Gasteiger partial charge on any atom is -0.392 e. The first-order valence-corrected chi connectivity index (χ1v) is 6.83. The van der Waals surface area contributed by atoms with Crippen LogP contribution in [0.4, 0.5) is 5.13 Å². The van der Waals surface area contributed by atoms with Crippen molar-refractivity contribution in [1.82, 2.24) is 4.98 Å². The molecule has 0 spiro atoms. The number of nitrogens with two attached hydrogens (primary N) is 1. The second-order valence-electron chi connectivity index (χ2n) is 2.97. The number of hydrogen-bond acceptors (Lipinski definition) is 5. The average molecular weight is 265 g/mol. The molecule has 5 nitrogen and oxygen atoms in total. The molecule has 0 fully saturated rings. The topological polar surface area (TPSA) is 85.1 Å². The summed E-state index contributed by atoms with van der Waals surface area (Å²) in [6.45, 7) is 3.28. The van der Waals surface area contributed by atoms with Crippen molar-refractivity contribution in [1.29, 1.82) is 0 Å². The van der Waals surface area contributed by atoms with E-state index in [1.165, 1.54) is 18.3 Å². The zero-order valence-electron chi connectivity index (χ0n) is 8.22. The standard InChI is InChI=1S/C7H11N3O2S3/c1-4-3-9-7(14-4)10-15(11,12)5(2)6(8)13/h3,5H,1-2H3,(H2,8,13)(H,9,10). The number of aryl methyl sites for hydroxylation is 1. The quantitative estimate of drug-likeness (QED) is 0.789. The molecular formula is C7H11N3O2S3. The Hall–Kier alpha value is -0.730. The van der Waals surface area contributed by atoms with E-state index in [0.29, 0.717) is 5.13 Å². The molecule has 0 aliphatic carbocycles. The molecule has 1 atom stereocenters. The average Bonchev–Trinajstić information content (AvgIpc) is 2.48. The van der Waals surface area contributed by atoms with Gasteiger partial charge in [-0.2, -0.15) is 0 Å². The third kappa shape index (κ3) is 3.11. The van der Waals surface area contributed by atoms with Gasteiger partial charge in [0.1, 0.15) is 5.25 Å². The number of rotatable bonds is 4. The number of thiocarbonyl (C=S) groups is 1. The Balaban J connectivity index is 2.86. The van der Waals surface area contributed by atoms with Gasteiger partial charge in [0.15, 0.2) is 5.13 Å². The molecule has 0 saturated heterocycles. The Morgan fingerprint density at radius 1 is 1.73 bits per heavy atom. The van der Waals surface area contributed by atoms with Gasteiger partial charge < -0.3 is 5.73 Å². The summed E-state index contributed by atoms with van der Waals surface area (Å²) in [7, 11) is -3.57. The fourth-order valence-electron chi connectivity index (χ4n) is 0.765. The van der Waals surface area contributed by atoms with Gasteiger partial charge in [-0.3, -0.25) is 4.72 Å². The molecule has 0 aliphatic rings. The lowest BCUT2D eigenvalue weighted by molar-refractivity contribution is 0.598. The summed E-state index contributed by atoms with van der Waals surface area (Å²) in [6, 6.07) is 0. The van der Waals surface area contributed by atoms with Crippen molar-refractivity contribution in [3.63, 3.8) is 0 Å². The maximum Gasteiger partial charge on any atom is 0.243 e. The molecule has 0 amide bonds. The first-order valence-electron chi connectivity index (χ1n) is 4.06. The molecule has 1 aromatic rings.